The van der Waals surface area contributed by atoms with Crippen LogP contribution in [0.5, 0.6) is 5.75 Å². The highest BCUT2D eigenvalue weighted by atomic mass is 35.5. The summed E-state index contributed by atoms with van der Waals surface area (Å²) in [5.41, 5.74) is 4.60. The minimum atomic E-state index is -0.382. The minimum Gasteiger partial charge on any atom is -0.507 e. The van der Waals surface area contributed by atoms with E-state index in [1.54, 1.807) is 30.3 Å². The van der Waals surface area contributed by atoms with E-state index in [9.17, 15) is 9.90 Å². The number of hydrogen-bond acceptors (Lipinski definition) is 5. The van der Waals surface area contributed by atoms with E-state index in [0.29, 0.717) is 32.9 Å². The lowest BCUT2D eigenvalue weighted by Gasteiger charge is -2.11. The number of nitrogens with zero attached hydrogens (tertiary/aromatic N) is 1. The van der Waals surface area contributed by atoms with Crippen LogP contribution in [0.4, 0.5) is 5.69 Å². The molecule has 0 saturated heterocycles. The number of aryl methyl sites for hydroxylation is 2. The van der Waals surface area contributed by atoms with Crippen LogP contribution >= 0.6 is 23.8 Å². The van der Waals surface area contributed by atoms with Crippen LogP contribution < -0.4 is 10.6 Å². The first-order valence-corrected chi connectivity index (χ1v) is 10.2. The Kier molecular flexibility index (Phi) is 5.63. The van der Waals surface area contributed by atoms with E-state index in [1.165, 1.54) is 6.07 Å². The van der Waals surface area contributed by atoms with Crippen LogP contribution in [0.2, 0.25) is 5.02 Å². The molecule has 4 rings (SSSR count). The second-order valence-corrected chi connectivity index (χ2v) is 7.91. The lowest BCUT2D eigenvalue weighted by atomic mass is 10.1. The number of halogens is 1. The standard InChI is InChI=1S/C23H18ClN3O3S/c1-12-3-7-18-20(9-12)30-22(26-18)16-11-15(6-8-19(16)28)25-23(31)27-21(29)14-5-4-13(2)17(24)10-14/h3-11,28H,1-2H3,(H2,25,27,29,31). The Morgan fingerprint density at radius 2 is 1.90 bits per heavy atom. The number of rotatable bonds is 3. The minimum absolute atomic E-state index is 0.0121. The molecular weight excluding hydrogens is 434 g/mol. The fourth-order valence-electron chi connectivity index (χ4n) is 3.00. The van der Waals surface area contributed by atoms with Crippen LogP contribution in [0.15, 0.2) is 59.0 Å². The second-order valence-electron chi connectivity index (χ2n) is 7.09. The molecule has 8 heteroatoms. The molecule has 31 heavy (non-hydrogen) atoms. The SMILES string of the molecule is Cc1ccc2nc(-c3cc(NC(=S)NC(=O)c4ccc(C)c(Cl)c4)ccc3O)oc2c1. The molecule has 0 saturated carbocycles. The second kappa shape index (κ2) is 8.37. The molecule has 156 valence electrons. The lowest BCUT2D eigenvalue weighted by molar-refractivity contribution is 0.0977. The van der Waals surface area contributed by atoms with Gasteiger partial charge in [-0.1, -0.05) is 23.7 Å². The van der Waals surface area contributed by atoms with Crippen molar-refractivity contribution in [2.45, 2.75) is 13.8 Å². The van der Waals surface area contributed by atoms with E-state index in [1.807, 2.05) is 32.0 Å². The van der Waals surface area contributed by atoms with Gasteiger partial charge in [0, 0.05) is 16.3 Å². The van der Waals surface area contributed by atoms with Crippen molar-refractivity contribution in [2.75, 3.05) is 5.32 Å². The Bertz CT molecular complexity index is 1330. The first-order chi connectivity index (χ1) is 14.8. The number of hydrogen-bond donors (Lipinski definition) is 3. The number of thiocarbonyl (C=S) groups is 1. The summed E-state index contributed by atoms with van der Waals surface area (Å²) in [6, 6.07) is 15.5. The number of anilines is 1. The molecule has 4 aromatic rings. The third-order valence-electron chi connectivity index (χ3n) is 4.69. The van der Waals surface area contributed by atoms with Gasteiger partial charge in [-0.3, -0.25) is 10.1 Å². The van der Waals surface area contributed by atoms with Gasteiger partial charge < -0.3 is 14.8 Å². The van der Waals surface area contributed by atoms with Crippen molar-refractivity contribution >= 4 is 51.6 Å². The van der Waals surface area contributed by atoms with Gasteiger partial charge in [-0.15, -0.1) is 0 Å². The summed E-state index contributed by atoms with van der Waals surface area (Å²) in [5.74, 6) is -0.0863. The van der Waals surface area contributed by atoms with E-state index in [0.717, 1.165) is 11.1 Å². The number of aromatic hydroxyl groups is 1. The van der Waals surface area contributed by atoms with Crippen LogP contribution in [0.1, 0.15) is 21.5 Å². The van der Waals surface area contributed by atoms with Crippen molar-refractivity contribution in [1.29, 1.82) is 0 Å². The number of oxazole rings is 1. The van der Waals surface area contributed by atoms with Crippen LogP contribution in [0.3, 0.4) is 0 Å². The van der Waals surface area contributed by atoms with Crippen LogP contribution in [-0.2, 0) is 0 Å². The van der Waals surface area contributed by atoms with E-state index in [-0.39, 0.29) is 22.7 Å². The fourth-order valence-corrected chi connectivity index (χ4v) is 3.39. The molecule has 3 aromatic carbocycles. The Balaban J connectivity index is 1.53. The van der Waals surface area contributed by atoms with Crippen molar-refractivity contribution in [2.24, 2.45) is 0 Å². The molecule has 0 aliphatic rings. The third-order valence-corrected chi connectivity index (χ3v) is 5.30. The molecular formula is C23H18ClN3O3S. The Morgan fingerprint density at radius 3 is 2.68 bits per heavy atom. The largest absolute Gasteiger partial charge is 0.507 e. The van der Waals surface area contributed by atoms with E-state index >= 15 is 0 Å². The van der Waals surface area contributed by atoms with Crippen molar-refractivity contribution in [3.63, 3.8) is 0 Å². The number of phenols is 1. The highest BCUT2D eigenvalue weighted by Crippen LogP contribution is 2.33. The first-order valence-electron chi connectivity index (χ1n) is 9.39. The number of fused-ring (bicyclic) bond motifs is 1. The lowest BCUT2D eigenvalue weighted by Crippen LogP contribution is -2.34. The van der Waals surface area contributed by atoms with Gasteiger partial charge in [-0.2, -0.15) is 0 Å². The number of nitrogens with one attached hydrogen (secondary N) is 2. The number of benzene rings is 3. The van der Waals surface area contributed by atoms with Gasteiger partial charge in [0.05, 0.1) is 5.56 Å². The van der Waals surface area contributed by atoms with E-state index < -0.39 is 0 Å². The Morgan fingerprint density at radius 1 is 1.10 bits per heavy atom. The average molecular weight is 452 g/mol. The molecule has 0 atom stereocenters. The summed E-state index contributed by atoms with van der Waals surface area (Å²) in [4.78, 5) is 16.9. The molecule has 0 bridgehead atoms. The Labute approximate surface area is 188 Å². The van der Waals surface area contributed by atoms with Crippen molar-refractivity contribution < 1.29 is 14.3 Å². The number of phenolic OH excluding ortho intramolecular Hbond substituents is 1. The summed E-state index contributed by atoms with van der Waals surface area (Å²) in [6.45, 7) is 3.82. The van der Waals surface area contributed by atoms with Gasteiger partial charge in [-0.25, -0.2) is 4.98 Å². The van der Waals surface area contributed by atoms with Gasteiger partial charge in [0.25, 0.3) is 5.91 Å². The number of carbonyl (C=O) groups is 1. The molecule has 0 aliphatic carbocycles. The summed E-state index contributed by atoms with van der Waals surface area (Å²) < 4.78 is 5.80. The highest BCUT2D eigenvalue weighted by Gasteiger charge is 2.15. The zero-order chi connectivity index (χ0) is 22.1. The zero-order valence-electron chi connectivity index (χ0n) is 16.7. The normalized spacial score (nSPS) is 10.8. The van der Waals surface area contributed by atoms with Gasteiger partial charge in [0.15, 0.2) is 10.7 Å². The smallest absolute Gasteiger partial charge is 0.257 e. The highest BCUT2D eigenvalue weighted by molar-refractivity contribution is 7.80. The molecule has 6 nitrogen and oxygen atoms in total. The quantitative estimate of drug-likeness (QED) is 0.277. The predicted octanol–water partition coefficient (Wildman–Crippen LogP) is 5.60. The topological polar surface area (TPSA) is 87.4 Å². The predicted molar refractivity (Wildman–Crippen MR) is 126 cm³/mol. The number of aromatic nitrogens is 1. The third kappa shape index (κ3) is 4.52. The molecule has 1 aromatic heterocycles. The molecule has 1 amide bonds. The van der Waals surface area contributed by atoms with Gasteiger partial charge in [0.2, 0.25) is 5.89 Å². The maximum atomic E-state index is 12.4. The molecule has 0 unspecified atom stereocenters. The van der Waals surface area contributed by atoms with Gasteiger partial charge >= 0.3 is 0 Å². The van der Waals surface area contributed by atoms with Crippen LogP contribution in [-0.4, -0.2) is 21.1 Å². The van der Waals surface area contributed by atoms with E-state index in [4.69, 9.17) is 28.2 Å². The molecule has 0 spiro atoms. The van der Waals surface area contributed by atoms with Crippen molar-refractivity contribution in [3.05, 3.63) is 76.3 Å². The summed E-state index contributed by atoms with van der Waals surface area (Å²) >= 11 is 11.3. The maximum absolute atomic E-state index is 12.4. The number of carbonyl (C=O) groups excluding carboxylic acids is 1. The van der Waals surface area contributed by atoms with Gasteiger partial charge in [-0.05, 0) is 79.7 Å². The maximum Gasteiger partial charge on any atom is 0.257 e. The Hall–Kier alpha value is -3.42. The molecule has 0 radical (unpaired) electrons. The monoisotopic (exact) mass is 451 g/mol. The molecule has 0 aliphatic heterocycles. The van der Waals surface area contributed by atoms with Crippen LogP contribution in [0.25, 0.3) is 22.6 Å². The summed E-state index contributed by atoms with van der Waals surface area (Å²) in [6.07, 6.45) is 0. The van der Waals surface area contributed by atoms with E-state index in [2.05, 4.69) is 15.6 Å². The molecule has 0 fully saturated rings. The summed E-state index contributed by atoms with van der Waals surface area (Å²) in [7, 11) is 0. The first kappa shape index (κ1) is 20.8. The van der Waals surface area contributed by atoms with Crippen molar-refractivity contribution in [3.8, 4) is 17.2 Å². The van der Waals surface area contributed by atoms with Crippen molar-refractivity contribution in [1.82, 2.24) is 10.3 Å². The average Bonchev–Trinajstić information content (AvgIpc) is 3.14. The van der Waals surface area contributed by atoms with Gasteiger partial charge in [0.1, 0.15) is 11.3 Å². The zero-order valence-corrected chi connectivity index (χ0v) is 18.3. The summed E-state index contributed by atoms with van der Waals surface area (Å²) in [5, 5.41) is 16.5. The molecule has 3 N–H and O–H groups in total. The fraction of sp³-hybridized carbons (Fsp3) is 0.0870. The molecule has 1 heterocycles. The number of amides is 1. The van der Waals surface area contributed by atoms with Crippen LogP contribution in [0, 0.1) is 13.8 Å².